The van der Waals surface area contributed by atoms with Crippen LogP contribution in [0.25, 0.3) is 22.1 Å². The molecule has 0 atom stereocenters. The number of hydrogen-bond acceptors (Lipinski definition) is 10. The highest BCUT2D eigenvalue weighted by Gasteiger charge is 2.26. The molecule has 1 saturated heterocycles. The number of carbonyl (C=O) groups is 1. The number of carbonyl (C=O) groups excluding carboxylic acids is 1. The fourth-order valence-electron chi connectivity index (χ4n) is 4.83. The first-order valence-corrected chi connectivity index (χ1v) is 13.8. The van der Waals surface area contributed by atoms with Crippen molar-refractivity contribution in [1.29, 1.82) is 0 Å². The van der Waals surface area contributed by atoms with E-state index in [1.807, 2.05) is 83.3 Å². The summed E-state index contributed by atoms with van der Waals surface area (Å²) in [5.74, 6) is 2.85. The quantitative estimate of drug-likeness (QED) is 0.303. The minimum atomic E-state index is -0.518. The number of ether oxygens (including phenoxy) is 2. The van der Waals surface area contributed by atoms with Gasteiger partial charge in [-0.3, -0.25) is 0 Å². The fourth-order valence-corrected chi connectivity index (χ4v) is 4.83. The Bertz CT molecular complexity index is 1770. The van der Waals surface area contributed by atoms with E-state index in [0.717, 1.165) is 39.4 Å². The van der Waals surface area contributed by atoms with Gasteiger partial charge in [0.05, 0.1) is 11.0 Å². The Kier molecular flexibility index (Phi) is 6.97. The lowest BCUT2D eigenvalue weighted by Crippen LogP contribution is -2.50. The highest BCUT2D eigenvalue weighted by atomic mass is 16.6. The maximum atomic E-state index is 12.5. The molecule has 1 amide bonds. The van der Waals surface area contributed by atoms with Crippen molar-refractivity contribution in [2.24, 2.45) is 7.05 Å². The zero-order valence-electron chi connectivity index (χ0n) is 24.3. The lowest BCUT2D eigenvalue weighted by Gasteiger charge is -2.36. The second-order valence-electron chi connectivity index (χ2n) is 11.3. The summed E-state index contributed by atoms with van der Waals surface area (Å²) in [4.78, 5) is 30.2. The average Bonchev–Trinajstić information content (AvgIpc) is 3.33. The molecule has 1 aliphatic heterocycles. The maximum absolute atomic E-state index is 12.5. The molecule has 0 radical (unpaired) electrons. The molecule has 1 fully saturated rings. The number of anilines is 3. The Labute approximate surface area is 243 Å². The first kappa shape index (κ1) is 27.2. The maximum Gasteiger partial charge on any atom is 0.410 e. The van der Waals surface area contributed by atoms with Crippen LogP contribution in [0, 0.1) is 6.92 Å². The molecule has 0 bridgehead atoms. The van der Waals surface area contributed by atoms with E-state index in [-0.39, 0.29) is 6.09 Å². The average molecular weight is 568 g/mol. The number of nitrogens with zero attached hydrogens (tertiary/aromatic N) is 8. The van der Waals surface area contributed by atoms with Gasteiger partial charge >= 0.3 is 6.09 Å². The van der Waals surface area contributed by atoms with Gasteiger partial charge in [-0.25, -0.2) is 24.4 Å². The fraction of sp³-hybridized carbons (Fsp3) is 0.333. The number of amides is 1. The standard InChI is InChI=1S/C30H33N9O3/c1-19-16-20(6-10-25(19)41-21-7-9-24-23(17-21)35-36-37(24)5)33-28-27-22(31-18-32-28)8-11-26(34-27)38-12-14-39(15-13-38)29(40)42-30(2,3)4/h6-11,16-18H,12-15H2,1-5H3,(H,31,32,33). The van der Waals surface area contributed by atoms with Crippen LogP contribution < -0.4 is 15.0 Å². The van der Waals surface area contributed by atoms with Crippen molar-refractivity contribution in [3.63, 3.8) is 0 Å². The normalized spacial score (nSPS) is 13.9. The number of nitrogens with one attached hydrogen (secondary N) is 1. The number of piperazine rings is 1. The van der Waals surface area contributed by atoms with Crippen LogP contribution in [0.15, 0.2) is 54.9 Å². The summed E-state index contributed by atoms with van der Waals surface area (Å²) in [5.41, 5.74) is 4.40. The molecule has 6 rings (SSSR count). The van der Waals surface area contributed by atoms with Crippen LogP contribution in [0.2, 0.25) is 0 Å². The van der Waals surface area contributed by atoms with E-state index in [2.05, 4.69) is 30.5 Å². The van der Waals surface area contributed by atoms with Gasteiger partial charge in [0.25, 0.3) is 0 Å². The number of benzene rings is 2. The van der Waals surface area contributed by atoms with Crippen LogP contribution >= 0.6 is 0 Å². The van der Waals surface area contributed by atoms with Crippen molar-refractivity contribution < 1.29 is 14.3 Å². The van der Waals surface area contributed by atoms with E-state index >= 15 is 0 Å². The molecule has 0 saturated carbocycles. The van der Waals surface area contributed by atoms with E-state index < -0.39 is 5.60 Å². The van der Waals surface area contributed by atoms with Crippen molar-refractivity contribution in [2.45, 2.75) is 33.3 Å². The summed E-state index contributed by atoms with van der Waals surface area (Å²) < 4.78 is 13.4. The van der Waals surface area contributed by atoms with Crippen molar-refractivity contribution in [2.75, 3.05) is 36.4 Å². The van der Waals surface area contributed by atoms with Crippen molar-refractivity contribution in [3.8, 4) is 11.5 Å². The van der Waals surface area contributed by atoms with E-state index in [9.17, 15) is 4.79 Å². The summed E-state index contributed by atoms with van der Waals surface area (Å²) in [5, 5.41) is 11.6. The predicted molar refractivity (Wildman–Crippen MR) is 160 cm³/mol. The van der Waals surface area contributed by atoms with E-state index in [1.54, 1.807) is 9.58 Å². The lowest BCUT2D eigenvalue weighted by atomic mass is 10.2. The van der Waals surface area contributed by atoms with Gasteiger partial charge in [-0.05, 0) is 75.7 Å². The van der Waals surface area contributed by atoms with Crippen LogP contribution in [0.5, 0.6) is 11.5 Å². The van der Waals surface area contributed by atoms with Crippen molar-refractivity contribution >= 4 is 45.5 Å². The van der Waals surface area contributed by atoms with Gasteiger partial charge in [0.2, 0.25) is 0 Å². The van der Waals surface area contributed by atoms with Gasteiger partial charge in [-0.15, -0.1) is 5.10 Å². The predicted octanol–water partition coefficient (Wildman–Crippen LogP) is 5.21. The minimum Gasteiger partial charge on any atom is -0.457 e. The van der Waals surface area contributed by atoms with Crippen LogP contribution in [-0.2, 0) is 11.8 Å². The third kappa shape index (κ3) is 5.73. The molecular formula is C30H33N9O3. The first-order chi connectivity index (χ1) is 20.1. The SMILES string of the molecule is Cc1cc(Nc2ncnc3ccc(N4CCN(C(=O)OC(C)(C)C)CC4)nc23)ccc1Oc1ccc2c(c1)nnn2C. The Morgan fingerprint density at radius 2 is 1.76 bits per heavy atom. The monoisotopic (exact) mass is 567 g/mol. The number of fused-ring (bicyclic) bond motifs is 2. The molecular weight excluding hydrogens is 534 g/mol. The second kappa shape index (κ2) is 10.8. The minimum absolute atomic E-state index is 0.285. The van der Waals surface area contributed by atoms with Crippen LogP contribution in [0.3, 0.4) is 0 Å². The highest BCUT2D eigenvalue weighted by Crippen LogP contribution is 2.31. The Hall–Kier alpha value is -5.00. The van der Waals surface area contributed by atoms with E-state index in [1.165, 1.54) is 6.33 Å². The molecule has 0 unspecified atom stereocenters. The third-order valence-corrected chi connectivity index (χ3v) is 6.97. The number of pyridine rings is 1. The first-order valence-electron chi connectivity index (χ1n) is 13.8. The Morgan fingerprint density at radius 1 is 0.952 bits per heavy atom. The summed E-state index contributed by atoms with van der Waals surface area (Å²) in [6.45, 7) is 10.0. The van der Waals surface area contributed by atoms with Crippen LogP contribution in [-0.4, -0.2) is 72.7 Å². The molecule has 1 aliphatic rings. The number of aromatic nitrogens is 6. The molecule has 12 nitrogen and oxygen atoms in total. The van der Waals surface area contributed by atoms with Crippen molar-refractivity contribution in [1.82, 2.24) is 34.8 Å². The molecule has 216 valence electrons. The summed E-state index contributed by atoms with van der Waals surface area (Å²) >= 11 is 0. The van der Waals surface area contributed by atoms with Gasteiger partial charge in [0.1, 0.15) is 40.3 Å². The molecule has 4 heterocycles. The molecule has 42 heavy (non-hydrogen) atoms. The molecule has 12 heteroatoms. The smallest absolute Gasteiger partial charge is 0.410 e. The van der Waals surface area contributed by atoms with E-state index in [4.69, 9.17) is 14.5 Å². The van der Waals surface area contributed by atoms with Crippen LogP contribution in [0.1, 0.15) is 26.3 Å². The number of aryl methyl sites for hydroxylation is 2. The summed E-state index contributed by atoms with van der Waals surface area (Å²) in [6.07, 6.45) is 1.24. The number of hydrogen-bond donors (Lipinski definition) is 1. The summed E-state index contributed by atoms with van der Waals surface area (Å²) in [6, 6.07) is 15.5. The molecule has 0 spiro atoms. The van der Waals surface area contributed by atoms with Gasteiger partial charge in [0.15, 0.2) is 5.82 Å². The van der Waals surface area contributed by atoms with Gasteiger partial charge in [-0.1, -0.05) is 5.21 Å². The van der Waals surface area contributed by atoms with Crippen molar-refractivity contribution in [3.05, 3.63) is 60.4 Å². The topological polar surface area (TPSA) is 123 Å². The molecule has 2 aromatic carbocycles. The number of rotatable bonds is 5. The van der Waals surface area contributed by atoms with Gasteiger partial charge in [-0.2, -0.15) is 0 Å². The highest BCUT2D eigenvalue weighted by molar-refractivity contribution is 5.88. The van der Waals surface area contributed by atoms with E-state index in [0.29, 0.717) is 43.3 Å². The van der Waals surface area contributed by atoms with Gasteiger partial charge in [0, 0.05) is 45.0 Å². The Balaban J connectivity index is 1.16. The molecule has 1 N–H and O–H groups in total. The zero-order chi connectivity index (χ0) is 29.4. The molecule has 5 aromatic rings. The largest absolute Gasteiger partial charge is 0.457 e. The second-order valence-corrected chi connectivity index (χ2v) is 11.3. The molecule has 0 aliphatic carbocycles. The Morgan fingerprint density at radius 3 is 2.52 bits per heavy atom. The lowest BCUT2D eigenvalue weighted by molar-refractivity contribution is 0.0240. The van der Waals surface area contributed by atoms with Gasteiger partial charge < -0.3 is 24.6 Å². The van der Waals surface area contributed by atoms with Crippen LogP contribution in [0.4, 0.5) is 22.1 Å². The summed E-state index contributed by atoms with van der Waals surface area (Å²) in [7, 11) is 1.86. The third-order valence-electron chi connectivity index (χ3n) is 6.97. The zero-order valence-corrected chi connectivity index (χ0v) is 24.3. The molecule has 3 aromatic heterocycles.